The number of hydrogen-bond donors (Lipinski definition) is 2. The molecule has 0 aliphatic rings. The Morgan fingerprint density at radius 2 is 2.36 bits per heavy atom. The van der Waals surface area contributed by atoms with Crippen LogP contribution in [0.25, 0.3) is 0 Å². The summed E-state index contributed by atoms with van der Waals surface area (Å²) in [6, 6.07) is 0. The molecule has 0 amide bonds. The van der Waals surface area contributed by atoms with Gasteiger partial charge in [0.1, 0.15) is 0 Å². The molecule has 80 valence electrons. The lowest BCUT2D eigenvalue weighted by Gasteiger charge is -2.23. The molecule has 0 aliphatic heterocycles. The average Bonchev–Trinajstić information content (AvgIpc) is 2.56. The first-order valence-electron chi connectivity index (χ1n) is 4.83. The summed E-state index contributed by atoms with van der Waals surface area (Å²) >= 11 is 1.62. The van der Waals surface area contributed by atoms with Gasteiger partial charge in [0.15, 0.2) is 0 Å². The van der Waals surface area contributed by atoms with Gasteiger partial charge in [0.05, 0.1) is 11.2 Å². The van der Waals surface area contributed by atoms with Gasteiger partial charge >= 0.3 is 0 Å². The van der Waals surface area contributed by atoms with Crippen LogP contribution in [0.2, 0.25) is 0 Å². The summed E-state index contributed by atoms with van der Waals surface area (Å²) in [5.41, 5.74) is 3.09. The smallest absolute Gasteiger partial charge is 0.0795 e. The quantitative estimate of drug-likeness (QED) is 0.756. The second-order valence-electron chi connectivity index (χ2n) is 4.22. The van der Waals surface area contributed by atoms with Gasteiger partial charge in [0.25, 0.3) is 0 Å². The van der Waals surface area contributed by atoms with Gasteiger partial charge in [-0.3, -0.25) is 0 Å². The molecule has 0 bridgehead atoms. The van der Waals surface area contributed by atoms with Crippen LogP contribution in [0.1, 0.15) is 26.0 Å². The maximum Gasteiger partial charge on any atom is 0.0795 e. The Morgan fingerprint density at radius 1 is 1.57 bits per heavy atom. The molecule has 1 aromatic heterocycles. The fourth-order valence-electron chi connectivity index (χ4n) is 1.24. The van der Waals surface area contributed by atoms with Gasteiger partial charge in [-0.2, -0.15) is 0 Å². The summed E-state index contributed by atoms with van der Waals surface area (Å²) in [6.45, 7) is 6.28. The zero-order chi connectivity index (χ0) is 10.4. The number of aliphatic hydroxyl groups excluding tert-OH is 1. The van der Waals surface area contributed by atoms with Crippen molar-refractivity contribution < 1.29 is 5.11 Å². The second-order valence-corrected chi connectivity index (χ2v) is 4.94. The highest BCUT2D eigenvalue weighted by Gasteiger charge is 2.16. The number of thiazole rings is 1. The molecular formula is C10H18N2OS. The molecule has 1 rings (SSSR count). The molecule has 4 heteroatoms. The Kier molecular flexibility index (Phi) is 4.51. The number of nitrogens with one attached hydrogen (secondary N) is 1. The summed E-state index contributed by atoms with van der Waals surface area (Å²) in [5.74, 6) is 0. The molecule has 0 unspecified atom stereocenters. The predicted octanol–water partition coefficient (Wildman–Crippen LogP) is 1.64. The first kappa shape index (κ1) is 11.6. The van der Waals surface area contributed by atoms with E-state index in [0.717, 1.165) is 25.2 Å². The van der Waals surface area contributed by atoms with Crippen molar-refractivity contribution in [3.8, 4) is 0 Å². The van der Waals surface area contributed by atoms with Crippen LogP contribution in [0, 0.1) is 5.41 Å². The second kappa shape index (κ2) is 5.44. The maximum atomic E-state index is 8.85. The van der Waals surface area contributed by atoms with E-state index in [4.69, 9.17) is 5.11 Å². The summed E-state index contributed by atoms with van der Waals surface area (Å²) in [7, 11) is 0. The third kappa shape index (κ3) is 4.17. The van der Waals surface area contributed by atoms with Gasteiger partial charge in [0.2, 0.25) is 0 Å². The van der Waals surface area contributed by atoms with Gasteiger partial charge in [0, 0.05) is 25.1 Å². The molecule has 0 saturated heterocycles. The molecule has 0 aromatic carbocycles. The highest BCUT2D eigenvalue weighted by molar-refractivity contribution is 7.07. The zero-order valence-electron chi connectivity index (χ0n) is 8.79. The lowest BCUT2D eigenvalue weighted by molar-refractivity contribution is 0.207. The zero-order valence-corrected chi connectivity index (χ0v) is 9.60. The van der Waals surface area contributed by atoms with Gasteiger partial charge in [-0.05, 0) is 11.8 Å². The van der Waals surface area contributed by atoms with Gasteiger partial charge < -0.3 is 10.4 Å². The fourth-order valence-corrected chi connectivity index (χ4v) is 1.80. The molecule has 0 radical (unpaired) electrons. The van der Waals surface area contributed by atoms with Crippen LogP contribution in [0.15, 0.2) is 10.9 Å². The van der Waals surface area contributed by atoms with E-state index in [9.17, 15) is 0 Å². The number of nitrogens with zero attached hydrogens (tertiary/aromatic N) is 1. The van der Waals surface area contributed by atoms with Crippen molar-refractivity contribution >= 4 is 11.3 Å². The summed E-state index contributed by atoms with van der Waals surface area (Å²) < 4.78 is 0. The summed E-state index contributed by atoms with van der Waals surface area (Å²) in [5, 5.41) is 14.2. The van der Waals surface area contributed by atoms with Crippen LogP contribution in [-0.2, 0) is 6.54 Å². The Labute approximate surface area is 89.2 Å². The van der Waals surface area contributed by atoms with E-state index >= 15 is 0 Å². The van der Waals surface area contributed by atoms with Crippen LogP contribution in [-0.4, -0.2) is 23.2 Å². The average molecular weight is 214 g/mol. The van der Waals surface area contributed by atoms with Crippen LogP contribution in [0.3, 0.4) is 0 Å². The van der Waals surface area contributed by atoms with Crippen molar-refractivity contribution in [3.63, 3.8) is 0 Å². The molecule has 3 nitrogen and oxygen atoms in total. The lowest BCUT2D eigenvalue weighted by atomic mass is 9.90. The first-order chi connectivity index (χ1) is 6.64. The van der Waals surface area contributed by atoms with Crippen molar-refractivity contribution in [2.24, 2.45) is 5.41 Å². The van der Waals surface area contributed by atoms with Crippen LogP contribution >= 0.6 is 11.3 Å². The van der Waals surface area contributed by atoms with Gasteiger partial charge in [-0.25, -0.2) is 4.98 Å². The van der Waals surface area contributed by atoms with Gasteiger partial charge in [-0.1, -0.05) is 13.8 Å². The van der Waals surface area contributed by atoms with Crippen molar-refractivity contribution in [3.05, 3.63) is 16.6 Å². The lowest BCUT2D eigenvalue weighted by Crippen LogP contribution is -2.29. The third-order valence-corrected chi connectivity index (χ3v) is 2.82. The molecular weight excluding hydrogens is 196 g/mol. The van der Waals surface area contributed by atoms with Crippen molar-refractivity contribution in [2.45, 2.75) is 26.8 Å². The molecule has 1 aromatic rings. The SMILES string of the molecule is CC(C)(CCO)CNCc1cscn1. The minimum absolute atomic E-state index is 0.158. The first-order valence-corrected chi connectivity index (χ1v) is 5.77. The minimum atomic E-state index is 0.158. The predicted molar refractivity (Wildman–Crippen MR) is 59.3 cm³/mol. The van der Waals surface area contributed by atoms with Crippen molar-refractivity contribution in [1.82, 2.24) is 10.3 Å². The molecule has 0 atom stereocenters. The Balaban J connectivity index is 2.20. The standard InChI is InChI=1S/C10H18N2OS/c1-10(2,3-4-13)7-11-5-9-6-14-8-12-9/h6,8,11,13H,3-5,7H2,1-2H3. The van der Waals surface area contributed by atoms with Crippen LogP contribution < -0.4 is 5.32 Å². The minimum Gasteiger partial charge on any atom is -0.396 e. The fraction of sp³-hybridized carbons (Fsp3) is 0.700. The molecule has 2 N–H and O–H groups in total. The van der Waals surface area contributed by atoms with E-state index in [1.807, 2.05) is 10.9 Å². The topological polar surface area (TPSA) is 45.1 Å². The van der Waals surface area contributed by atoms with Crippen LogP contribution in [0.4, 0.5) is 0 Å². The van der Waals surface area contributed by atoms with Gasteiger partial charge in [-0.15, -0.1) is 11.3 Å². The Morgan fingerprint density at radius 3 is 2.93 bits per heavy atom. The number of rotatable bonds is 6. The normalized spacial score (nSPS) is 11.9. The summed E-state index contributed by atoms with van der Waals surface area (Å²) in [6.07, 6.45) is 0.830. The van der Waals surface area contributed by atoms with E-state index in [1.54, 1.807) is 11.3 Å². The highest BCUT2D eigenvalue weighted by Crippen LogP contribution is 2.18. The number of aliphatic hydroxyl groups is 1. The summed E-state index contributed by atoms with van der Waals surface area (Å²) in [4.78, 5) is 4.19. The number of aromatic nitrogens is 1. The maximum absolute atomic E-state index is 8.85. The highest BCUT2D eigenvalue weighted by atomic mass is 32.1. The van der Waals surface area contributed by atoms with Crippen LogP contribution in [0.5, 0.6) is 0 Å². The van der Waals surface area contributed by atoms with E-state index in [-0.39, 0.29) is 12.0 Å². The monoisotopic (exact) mass is 214 g/mol. The molecule has 14 heavy (non-hydrogen) atoms. The Hall–Kier alpha value is -0.450. The number of hydrogen-bond acceptors (Lipinski definition) is 4. The third-order valence-electron chi connectivity index (χ3n) is 2.18. The molecule has 0 fully saturated rings. The van der Waals surface area contributed by atoms with Crippen molar-refractivity contribution in [1.29, 1.82) is 0 Å². The molecule has 0 saturated carbocycles. The van der Waals surface area contributed by atoms with E-state index in [2.05, 4.69) is 24.1 Å². The van der Waals surface area contributed by atoms with E-state index < -0.39 is 0 Å². The van der Waals surface area contributed by atoms with Crippen molar-refractivity contribution in [2.75, 3.05) is 13.2 Å². The Bertz CT molecular complexity index is 247. The van der Waals surface area contributed by atoms with E-state index in [1.165, 1.54) is 0 Å². The molecule has 0 spiro atoms. The van der Waals surface area contributed by atoms with E-state index in [0.29, 0.717) is 0 Å². The largest absolute Gasteiger partial charge is 0.396 e. The molecule has 0 aliphatic carbocycles. The molecule has 1 heterocycles.